The number of fused-ring (bicyclic) bond motifs is 1. The van der Waals surface area contributed by atoms with Crippen molar-refractivity contribution < 1.29 is 13.9 Å². The molecule has 0 saturated heterocycles. The highest BCUT2D eigenvalue weighted by Crippen LogP contribution is 2.46. The number of carbonyl (C=O) groups excluding carboxylic acids is 1. The van der Waals surface area contributed by atoms with Gasteiger partial charge in [0.15, 0.2) is 0 Å². The minimum absolute atomic E-state index is 0.319. The zero-order valence-corrected chi connectivity index (χ0v) is 15.4. The number of nitrogens with zero attached hydrogens (tertiary/aromatic N) is 2. The topological polar surface area (TPSA) is 44.1 Å². The Hall–Kier alpha value is -2.95. The third kappa shape index (κ3) is 2.74. The van der Waals surface area contributed by atoms with Crippen LogP contribution in [0, 0.1) is 12.7 Å². The Labute approximate surface area is 157 Å². The molecule has 0 unspecified atom stereocenters. The molecule has 1 atom stereocenters. The molecule has 4 rings (SSSR count). The Morgan fingerprint density at radius 2 is 1.96 bits per heavy atom. The summed E-state index contributed by atoms with van der Waals surface area (Å²) in [6.45, 7) is 2.33. The van der Waals surface area contributed by atoms with Crippen LogP contribution in [0.25, 0.3) is 0 Å². The number of halogens is 1. The highest BCUT2D eigenvalue weighted by atomic mass is 19.1. The van der Waals surface area contributed by atoms with Crippen LogP contribution in [-0.2, 0) is 27.9 Å². The van der Waals surface area contributed by atoms with Gasteiger partial charge < -0.3 is 4.74 Å². The molecule has 0 spiro atoms. The number of esters is 1. The van der Waals surface area contributed by atoms with Crippen molar-refractivity contribution in [1.82, 2.24) is 9.78 Å². The summed E-state index contributed by atoms with van der Waals surface area (Å²) in [5.41, 5.74) is 2.95. The second-order valence-corrected chi connectivity index (χ2v) is 6.98. The zero-order chi connectivity index (χ0) is 19.0. The Kier molecular flexibility index (Phi) is 4.30. The number of methoxy groups -OCH3 is 1. The van der Waals surface area contributed by atoms with E-state index in [4.69, 9.17) is 9.84 Å². The van der Waals surface area contributed by atoms with Crippen LogP contribution in [0.1, 0.15) is 34.4 Å². The standard InChI is InChI=1S/C22H21FN2O2/c1-15-17(9-6-10-19(15)23)22(21(26)27-2)12-11-20-18(22)14-25(24-20)13-16-7-4-3-5-8-16/h3-10,14H,11-13H2,1-2H3/t22-/m1/s1. The molecule has 138 valence electrons. The second-order valence-electron chi connectivity index (χ2n) is 6.98. The van der Waals surface area contributed by atoms with E-state index >= 15 is 0 Å². The first-order valence-electron chi connectivity index (χ1n) is 9.01. The van der Waals surface area contributed by atoms with E-state index in [1.165, 1.54) is 13.2 Å². The molecule has 0 N–H and O–H groups in total. The second kappa shape index (κ2) is 6.65. The van der Waals surface area contributed by atoms with Gasteiger partial charge in [0.25, 0.3) is 0 Å². The molecule has 1 aliphatic carbocycles. The molecule has 1 heterocycles. The van der Waals surface area contributed by atoms with Gasteiger partial charge in [-0.05, 0) is 42.5 Å². The van der Waals surface area contributed by atoms with Gasteiger partial charge in [-0.25, -0.2) is 4.39 Å². The SMILES string of the molecule is COC(=O)[C@@]1(c2cccc(F)c2C)CCc2nn(Cc3ccccc3)cc21. The van der Waals surface area contributed by atoms with Crippen molar-refractivity contribution in [2.45, 2.75) is 31.7 Å². The van der Waals surface area contributed by atoms with E-state index in [1.807, 2.05) is 47.3 Å². The first-order valence-corrected chi connectivity index (χ1v) is 9.01. The van der Waals surface area contributed by atoms with Crippen molar-refractivity contribution in [1.29, 1.82) is 0 Å². The van der Waals surface area contributed by atoms with Crippen LogP contribution in [0.4, 0.5) is 4.39 Å². The Morgan fingerprint density at radius 1 is 1.19 bits per heavy atom. The fourth-order valence-electron chi connectivity index (χ4n) is 4.14. The van der Waals surface area contributed by atoms with E-state index < -0.39 is 5.41 Å². The van der Waals surface area contributed by atoms with E-state index in [2.05, 4.69) is 0 Å². The lowest BCUT2D eigenvalue weighted by Crippen LogP contribution is -2.37. The average Bonchev–Trinajstić information content (AvgIpc) is 3.23. The van der Waals surface area contributed by atoms with Crippen LogP contribution in [0.15, 0.2) is 54.7 Å². The molecule has 0 saturated carbocycles. The first-order chi connectivity index (χ1) is 13.1. The molecule has 5 heteroatoms. The number of ether oxygens (including phenoxy) is 1. The fraction of sp³-hybridized carbons (Fsp3) is 0.273. The van der Waals surface area contributed by atoms with Gasteiger partial charge in [0, 0.05) is 11.8 Å². The first kappa shape index (κ1) is 17.5. The number of hydrogen-bond donors (Lipinski definition) is 0. The molecular formula is C22H21FN2O2. The van der Waals surface area contributed by atoms with E-state index in [0.29, 0.717) is 30.5 Å². The number of aromatic nitrogens is 2. The van der Waals surface area contributed by atoms with Gasteiger partial charge in [-0.1, -0.05) is 42.5 Å². The molecular weight excluding hydrogens is 343 g/mol. The maximum Gasteiger partial charge on any atom is 0.320 e. The van der Waals surface area contributed by atoms with Crippen LogP contribution < -0.4 is 0 Å². The molecule has 0 fully saturated rings. The van der Waals surface area contributed by atoms with Gasteiger partial charge in [-0.2, -0.15) is 5.10 Å². The lowest BCUT2D eigenvalue weighted by atomic mass is 9.74. The molecule has 1 aromatic heterocycles. The van der Waals surface area contributed by atoms with Gasteiger partial charge >= 0.3 is 5.97 Å². The van der Waals surface area contributed by atoms with Crippen molar-refractivity contribution in [3.63, 3.8) is 0 Å². The molecule has 2 aromatic carbocycles. The molecule has 1 aliphatic rings. The summed E-state index contributed by atoms with van der Waals surface area (Å²) in [6.07, 6.45) is 3.10. The average molecular weight is 364 g/mol. The monoisotopic (exact) mass is 364 g/mol. The normalized spacial score (nSPS) is 18.3. The highest BCUT2D eigenvalue weighted by molar-refractivity contribution is 5.89. The summed E-state index contributed by atoms with van der Waals surface area (Å²) < 4.78 is 21.3. The van der Waals surface area contributed by atoms with Crippen LogP contribution in [0.2, 0.25) is 0 Å². The number of benzene rings is 2. The number of aryl methyl sites for hydroxylation is 1. The number of rotatable bonds is 4. The largest absolute Gasteiger partial charge is 0.468 e. The van der Waals surface area contributed by atoms with Crippen molar-refractivity contribution in [3.8, 4) is 0 Å². The maximum absolute atomic E-state index is 14.3. The Balaban J connectivity index is 1.82. The smallest absolute Gasteiger partial charge is 0.320 e. The van der Waals surface area contributed by atoms with Gasteiger partial charge in [0.1, 0.15) is 11.2 Å². The summed E-state index contributed by atoms with van der Waals surface area (Å²) >= 11 is 0. The van der Waals surface area contributed by atoms with Crippen LogP contribution in [-0.4, -0.2) is 22.9 Å². The molecule has 4 nitrogen and oxygen atoms in total. The van der Waals surface area contributed by atoms with E-state index in [9.17, 15) is 9.18 Å². The summed E-state index contributed by atoms with van der Waals surface area (Å²) in [7, 11) is 1.38. The van der Waals surface area contributed by atoms with E-state index in [1.54, 1.807) is 13.0 Å². The summed E-state index contributed by atoms with van der Waals surface area (Å²) in [4.78, 5) is 12.9. The predicted molar refractivity (Wildman–Crippen MR) is 100 cm³/mol. The quantitative estimate of drug-likeness (QED) is 0.662. The lowest BCUT2D eigenvalue weighted by Gasteiger charge is -2.28. The summed E-state index contributed by atoms with van der Waals surface area (Å²) in [5.74, 6) is -0.685. The van der Waals surface area contributed by atoms with Crippen LogP contribution >= 0.6 is 0 Å². The maximum atomic E-state index is 14.3. The molecule has 27 heavy (non-hydrogen) atoms. The predicted octanol–water partition coefficient (Wildman–Crippen LogP) is 3.78. The third-order valence-electron chi connectivity index (χ3n) is 5.48. The van der Waals surface area contributed by atoms with Crippen molar-refractivity contribution in [3.05, 3.63) is 88.5 Å². The van der Waals surface area contributed by atoms with Gasteiger partial charge in [-0.3, -0.25) is 9.48 Å². The van der Waals surface area contributed by atoms with Crippen molar-refractivity contribution in [2.24, 2.45) is 0 Å². The Morgan fingerprint density at radius 3 is 2.70 bits per heavy atom. The lowest BCUT2D eigenvalue weighted by molar-refractivity contribution is -0.145. The molecule has 0 amide bonds. The number of hydrogen-bond acceptors (Lipinski definition) is 3. The van der Waals surface area contributed by atoms with Gasteiger partial charge in [0.05, 0.1) is 19.3 Å². The summed E-state index contributed by atoms with van der Waals surface area (Å²) in [5, 5.41) is 4.69. The highest BCUT2D eigenvalue weighted by Gasteiger charge is 2.50. The minimum Gasteiger partial charge on any atom is -0.468 e. The van der Waals surface area contributed by atoms with Crippen molar-refractivity contribution >= 4 is 5.97 Å². The van der Waals surface area contributed by atoms with E-state index in [0.717, 1.165) is 16.8 Å². The van der Waals surface area contributed by atoms with E-state index in [-0.39, 0.29) is 11.8 Å². The fourth-order valence-corrected chi connectivity index (χ4v) is 4.14. The molecule has 0 bridgehead atoms. The molecule has 0 aliphatic heterocycles. The zero-order valence-electron chi connectivity index (χ0n) is 15.4. The third-order valence-corrected chi connectivity index (χ3v) is 5.48. The number of carbonyl (C=O) groups is 1. The molecule has 0 radical (unpaired) electrons. The van der Waals surface area contributed by atoms with Gasteiger partial charge in [0.2, 0.25) is 0 Å². The van der Waals surface area contributed by atoms with Crippen LogP contribution in [0.5, 0.6) is 0 Å². The Bertz CT molecular complexity index is 997. The van der Waals surface area contributed by atoms with Crippen molar-refractivity contribution in [2.75, 3.05) is 7.11 Å². The summed E-state index contributed by atoms with van der Waals surface area (Å²) in [6, 6.07) is 14.9. The minimum atomic E-state index is -1.01. The molecule has 3 aromatic rings. The van der Waals surface area contributed by atoms with Gasteiger partial charge in [-0.15, -0.1) is 0 Å². The van der Waals surface area contributed by atoms with Crippen LogP contribution in [0.3, 0.4) is 0 Å².